The van der Waals surface area contributed by atoms with Crippen LogP contribution in [0.4, 0.5) is 5.69 Å². The summed E-state index contributed by atoms with van der Waals surface area (Å²) in [6.45, 7) is 1.73. The zero-order valence-electron chi connectivity index (χ0n) is 13.0. The van der Waals surface area contributed by atoms with Gasteiger partial charge in [0, 0.05) is 12.3 Å². The molecule has 0 aliphatic heterocycles. The van der Waals surface area contributed by atoms with Gasteiger partial charge >= 0.3 is 0 Å². The molecule has 0 fully saturated rings. The number of rotatable bonds is 4. The van der Waals surface area contributed by atoms with Gasteiger partial charge in [0.25, 0.3) is 11.5 Å². The monoisotopic (exact) mass is 326 g/mol. The first-order valence-corrected chi connectivity index (χ1v) is 7.01. The summed E-state index contributed by atoms with van der Waals surface area (Å²) in [6, 6.07) is 6.24. The average molecular weight is 326 g/mol. The van der Waals surface area contributed by atoms with Crippen LogP contribution in [0.1, 0.15) is 16.1 Å². The molecule has 3 rings (SSSR count). The fourth-order valence-electron chi connectivity index (χ4n) is 2.16. The Kier molecular flexibility index (Phi) is 4.06. The van der Waals surface area contributed by atoms with Gasteiger partial charge in [-0.15, -0.1) is 0 Å². The number of nitrogens with zero attached hydrogens (tertiary/aromatic N) is 4. The molecule has 0 unspecified atom stereocenters. The standard InChI is InChI=1S/C15H14N6O3/c1-9-10(8-17-21(9)12-5-6-13(22)20-19-12)14(23)18-11-4-3-7-16-15(11)24-2/h3-8H,1-2H3,(H,18,23)(H,20,22). The minimum atomic E-state index is -0.352. The first-order chi connectivity index (χ1) is 11.6. The first-order valence-electron chi connectivity index (χ1n) is 7.01. The zero-order chi connectivity index (χ0) is 17.1. The second-order valence-electron chi connectivity index (χ2n) is 4.85. The molecule has 3 aromatic heterocycles. The van der Waals surface area contributed by atoms with Crippen LogP contribution < -0.4 is 15.6 Å². The molecule has 9 nitrogen and oxygen atoms in total. The van der Waals surface area contributed by atoms with Crippen molar-refractivity contribution < 1.29 is 9.53 Å². The van der Waals surface area contributed by atoms with Crippen LogP contribution in [0, 0.1) is 6.92 Å². The van der Waals surface area contributed by atoms with Crippen molar-refractivity contribution in [1.29, 1.82) is 0 Å². The number of hydrogen-bond donors (Lipinski definition) is 2. The number of aromatic amines is 1. The summed E-state index contributed by atoms with van der Waals surface area (Å²) in [6.07, 6.45) is 3.00. The van der Waals surface area contributed by atoms with E-state index in [0.29, 0.717) is 28.6 Å². The largest absolute Gasteiger partial charge is 0.480 e. The van der Waals surface area contributed by atoms with Gasteiger partial charge in [-0.25, -0.2) is 14.8 Å². The molecule has 9 heteroatoms. The van der Waals surface area contributed by atoms with Gasteiger partial charge in [-0.1, -0.05) is 0 Å². The smallest absolute Gasteiger partial charge is 0.264 e. The summed E-state index contributed by atoms with van der Waals surface area (Å²) < 4.78 is 6.57. The summed E-state index contributed by atoms with van der Waals surface area (Å²) in [5, 5.41) is 13.1. The van der Waals surface area contributed by atoms with E-state index in [9.17, 15) is 9.59 Å². The Hall–Kier alpha value is -3.49. The van der Waals surface area contributed by atoms with Gasteiger partial charge in [0.1, 0.15) is 5.69 Å². The number of carbonyl (C=O) groups excluding carboxylic acids is 1. The highest BCUT2D eigenvalue weighted by Gasteiger charge is 2.17. The van der Waals surface area contributed by atoms with Gasteiger partial charge in [0.15, 0.2) is 5.82 Å². The summed E-state index contributed by atoms with van der Waals surface area (Å²) in [5.74, 6) is 0.373. The predicted octanol–water partition coefficient (Wildman–Crippen LogP) is 0.920. The Morgan fingerprint density at radius 2 is 2.17 bits per heavy atom. The molecule has 2 N–H and O–H groups in total. The molecule has 3 aromatic rings. The molecule has 122 valence electrons. The van der Waals surface area contributed by atoms with E-state index in [4.69, 9.17) is 4.74 Å². The van der Waals surface area contributed by atoms with E-state index < -0.39 is 0 Å². The van der Waals surface area contributed by atoms with Gasteiger partial charge in [0.2, 0.25) is 5.88 Å². The van der Waals surface area contributed by atoms with E-state index >= 15 is 0 Å². The van der Waals surface area contributed by atoms with E-state index in [2.05, 4.69) is 25.6 Å². The molecule has 0 aromatic carbocycles. The van der Waals surface area contributed by atoms with Crippen LogP contribution in [0.5, 0.6) is 5.88 Å². The number of aromatic nitrogens is 5. The summed E-state index contributed by atoms with van der Waals surface area (Å²) >= 11 is 0. The molecule has 24 heavy (non-hydrogen) atoms. The number of ether oxygens (including phenoxy) is 1. The minimum absolute atomic E-state index is 0.315. The average Bonchev–Trinajstić information content (AvgIpc) is 2.98. The van der Waals surface area contributed by atoms with Gasteiger partial charge in [-0.2, -0.15) is 10.2 Å². The summed E-state index contributed by atoms with van der Waals surface area (Å²) in [5.41, 5.74) is 1.09. The molecule has 0 spiro atoms. The molecular weight excluding hydrogens is 312 g/mol. The lowest BCUT2D eigenvalue weighted by atomic mass is 10.2. The van der Waals surface area contributed by atoms with E-state index in [-0.39, 0.29) is 11.5 Å². The Bertz CT molecular complexity index is 926. The van der Waals surface area contributed by atoms with Crippen LogP contribution in [0.3, 0.4) is 0 Å². The molecule has 0 bridgehead atoms. The molecule has 0 aliphatic rings. The Morgan fingerprint density at radius 3 is 2.88 bits per heavy atom. The lowest BCUT2D eigenvalue weighted by Gasteiger charge is -2.08. The molecule has 0 radical (unpaired) electrons. The number of amides is 1. The number of H-pyrrole nitrogens is 1. The second-order valence-corrected chi connectivity index (χ2v) is 4.85. The van der Waals surface area contributed by atoms with Crippen molar-refractivity contribution in [2.24, 2.45) is 0 Å². The molecule has 1 amide bonds. The van der Waals surface area contributed by atoms with E-state index in [1.54, 1.807) is 25.3 Å². The van der Waals surface area contributed by atoms with Crippen LogP contribution in [0.2, 0.25) is 0 Å². The maximum atomic E-state index is 12.5. The van der Waals surface area contributed by atoms with Crippen molar-refractivity contribution in [3.63, 3.8) is 0 Å². The first kappa shape index (κ1) is 15.4. The maximum Gasteiger partial charge on any atom is 0.264 e. The number of carbonyl (C=O) groups is 1. The van der Waals surface area contributed by atoms with Gasteiger partial charge in [-0.3, -0.25) is 9.59 Å². The summed E-state index contributed by atoms with van der Waals surface area (Å²) in [7, 11) is 1.48. The summed E-state index contributed by atoms with van der Waals surface area (Å²) in [4.78, 5) is 27.6. The third kappa shape index (κ3) is 2.86. The maximum absolute atomic E-state index is 12.5. The highest BCUT2D eigenvalue weighted by Crippen LogP contribution is 2.21. The van der Waals surface area contributed by atoms with Gasteiger partial charge in [0.05, 0.1) is 24.6 Å². The molecule has 0 saturated heterocycles. The van der Waals surface area contributed by atoms with Crippen molar-refractivity contribution >= 4 is 11.6 Å². The lowest BCUT2D eigenvalue weighted by molar-refractivity contribution is 0.102. The van der Waals surface area contributed by atoms with Gasteiger partial charge < -0.3 is 10.1 Å². The highest BCUT2D eigenvalue weighted by molar-refractivity contribution is 6.05. The Balaban J connectivity index is 1.89. The van der Waals surface area contributed by atoms with Crippen molar-refractivity contribution in [2.45, 2.75) is 6.92 Å². The van der Waals surface area contributed by atoms with E-state index in [1.807, 2.05) is 0 Å². The number of methoxy groups -OCH3 is 1. The Morgan fingerprint density at radius 1 is 1.33 bits per heavy atom. The number of anilines is 1. The van der Waals surface area contributed by atoms with Crippen molar-refractivity contribution in [3.8, 4) is 11.7 Å². The molecular formula is C15H14N6O3. The second kappa shape index (κ2) is 6.32. The van der Waals surface area contributed by atoms with Crippen LogP contribution in [-0.4, -0.2) is 38.0 Å². The third-order valence-corrected chi connectivity index (χ3v) is 3.35. The number of nitrogens with one attached hydrogen (secondary N) is 2. The van der Waals surface area contributed by atoms with Crippen LogP contribution in [0.25, 0.3) is 5.82 Å². The predicted molar refractivity (Wildman–Crippen MR) is 85.5 cm³/mol. The molecule has 3 heterocycles. The third-order valence-electron chi connectivity index (χ3n) is 3.35. The SMILES string of the molecule is COc1ncccc1NC(=O)c1cnn(-c2ccc(=O)[nH]n2)c1C. The molecule has 0 atom stereocenters. The highest BCUT2D eigenvalue weighted by atomic mass is 16.5. The van der Waals surface area contributed by atoms with Gasteiger partial charge in [-0.05, 0) is 25.1 Å². The topological polar surface area (TPSA) is 115 Å². The normalized spacial score (nSPS) is 10.4. The number of pyridine rings is 1. The van der Waals surface area contributed by atoms with E-state index in [0.717, 1.165) is 0 Å². The molecule has 0 aliphatic carbocycles. The Labute approximate surface area is 136 Å². The van der Waals surface area contributed by atoms with E-state index in [1.165, 1.54) is 30.1 Å². The fourth-order valence-corrected chi connectivity index (χ4v) is 2.16. The van der Waals surface area contributed by atoms with Crippen molar-refractivity contribution in [2.75, 3.05) is 12.4 Å². The number of hydrogen-bond acceptors (Lipinski definition) is 6. The zero-order valence-corrected chi connectivity index (χ0v) is 13.0. The molecule has 0 saturated carbocycles. The van der Waals surface area contributed by atoms with Crippen LogP contribution >= 0.6 is 0 Å². The van der Waals surface area contributed by atoms with Crippen LogP contribution in [-0.2, 0) is 0 Å². The van der Waals surface area contributed by atoms with Crippen molar-refractivity contribution in [3.05, 3.63) is 58.3 Å². The van der Waals surface area contributed by atoms with Crippen molar-refractivity contribution in [1.82, 2.24) is 25.0 Å². The quantitative estimate of drug-likeness (QED) is 0.737. The van der Waals surface area contributed by atoms with Crippen LogP contribution in [0.15, 0.2) is 41.5 Å². The lowest BCUT2D eigenvalue weighted by Crippen LogP contribution is -2.15. The minimum Gasteiger partial charge on any atom is -0.480 e. The fraction of sp³-hybridized carbons (Fsp3) is 0.133.